The Hall–Kier alpha value is -3.35. The van der Waals surface area contributed by atoms with Crippen LogP contribution in [-0.2, 0) is 14.3 Å². The van der Waals surface area contributed by atoms with Gasteiger partial charge >= 0.3 is 12.1 Å². The first-order chi connectivity index (χ1) is 16.9. The van der Waals surface area contributed by atoms with Crippen molar-refractivity contribution in [3.63, 3.8) is 0 Å². The van der Waals surface area contributed by atoms with Crippen molar-refractivity contribution in [1.29, 1.82) is 0 Å². The van der Waals surface area contributed by atoms with Crippen molar-refractivity contribution in [2.45, 2.75) is 75.4 Å². The summed E-state index contributed by atoms with van der Waals surface area (Å²) in [6.07, 6.45) is 4.43. The number of nitrogens with one attached hydrogen (secondary N) is 1. The van der Waals surface area contributed by atoms with Crippen molar-refractivity contribution in [2.24, 2.45) is 0 Å². The molecule has 0 radical (unpaired) electrons. The predicted octanol–water partition coefficient (Wildman–Crippen LogP) is 4.69. The summed E-state index contributed by atoms with van der Waals surface area (Å²) in [6, 6.07) is 15.5. The van der Waals surface area contributed by atoms with E-state index >= 15 is 0 Å². The summed E-state index contributed by atoms with van der Waals surface area (Å²) in [6.45, 7) is 1.77. The van der Waals surface area contributed by atoms with E-state index in [0.717, 1.165) is 36.8 Å². The number of fused-ring (bicyclic) bond motifs is 3. The molecule has 2 aromatic rings. The highest BCUT2D eigenvalue weighted by atomic mass is 16.5. The van der Waals surface area contributed by atoms with E-state index in [9.17, 15) is 19.5 Å². The number of carbonyl (C=O) groups is 3. The summed E-state index contributed by atoms with van der Waals surface area (Å²) in [5, 5.41) is 12.5. The molecular formula is C28H32N2O5. The van der Waals surface area contributed by atoms with Crippen LogP contribution >= 0.6 is 0 Å². The van der Waals surface area contributed by atoms with Crippen molar-refractivity contribution in [1.82, 2.24) is 10.2 Å². The number of aliphatic carboxylic acids is 1. The normalized spacial score (nSPS) is 18.9. The van der Waals surface area contributed by atoms with Crippen LogP contribution in [0.25, 0.3) is 11.1 Å². The van der Waals surface area contributed by atoms with Gasteiger partial charge in [0.05, 0.1) is 12.0 Å². The van der Waals surface area contributed by atoms with E-state index in [1.54, 1.807) is 6.92 Å². The molecule has 5 rings (SSSR count). The Morgan fingerprint density at radius 1 is 1.03 bits per heavy atom. The van der Waals surface area contributed by atoms with Crippen LogP contribution < -0.4 is 5.32 Å². The molecule has 0 saturated heterocycles. The molecule has 2 amide bonds. The summed E-state index contributed by atoms with van der Waals surface area (Å²) in [4.78, 5) is 39.3. The molecule has 184 valence electrons. The molecule has 0 aliphatic heterocycles. The van der Waals surface area contributed by atoms with Gasteiger partial charge in [-0.1, -0.05) is 61.4 Å². The number of carbonyl (C=O) groups excluding carboxylic acids is 2. The molecule has 2 aromatic carbocycles. The quantitative estimate of drug-likeness (QED) is 0.576. The van der Waals surface area contributed by atoms with E-state index in [1.165, 1.54) is 16.0 Å². The van der Waals surface area contributed by atoms with Gasteiger partial charge in [0.2, 0.25) is 5.91 Å². The van der Waals surface area contributed by atoms with E-state index in [0.29, 0.717) is 12.8 Å². The van der Waals surface area contributed by atoms with E-state index < -0.39 is 23.6 Å². The highest BCUT2D eigenvalue weighted by molar-refractivity contribution is 5.85. The number of nitrogens with zero attached hydrogens (tertiary/aromatic N) is 1. The van der Waals surface area contributed by atoms with Gasteiger partial charge in [0.25, 0.3) is 0 Å². The van der Waals surface area contributed by atoms with Crippen molar-refractivity contribution in [2.75, 3.05) is 6.61 Å². The lowest BCUT2D eigenvalue weighted by atomic mass is 9.92. The molecule has 1 atom stereocenters. The van der Waals surface area contributed by atoms with Gasteiger partial charge in [0.1, 0.15) is 12.6 Å². The number of rotatable bonds is 8. The number of carboxylic acids is 1. The lowest BCUT2D eigenvalue weighted by molar-refractivity contribution is -0.150. The fourth-order valence-corrected chi connectivity index (χ4v) is 5.84. The van der Waals surface area contributed by atoms with Gasteiger partial charge in [-0.3, -0.25) is 4.79 Å². The minimum Gasteiger partial charge on any atom is -0.480 e. The average Bonchev–Trinajstić information content (AvgIpc) is 3.48. The maximum Gasteiger partial charge on any atom is 0.407 e. The van der Waals surface area contributed by atoms with Crippen LogP contribution in [0.1, 0.15) is 68.9 Å². The first kappa shape index (κ1) is 23.4. The minimum atomic E-state index is -1.00. The number of alkyl carbamates (subject to hydrolysis) is 1. The third-order valence-corrected chi connectivity index (χ3v) is 7.76. The number of ether oxygens (including phenoxy) is 1. The molecule has 3 aliphatic carbocycles. The Labute approximate surface area is 205 Å². The lowest BCUT2D eigenvalue weighted by Gasteiger charge is -2.34. The summed E-state index contributed by atoms with van der Waals surface area (Å²) < 4.78 is 5.75. The third-order valence-electron chi connectivity index (χ3n) is 7.76. The van der Waals surface area contributed by atoms with Crippen molar-refractivity contribution >= 4 is 18.0 Å². The second-order valence-electron chi connectivity index (χ2n) is 10.2. The maximum absolute atomic E-state index is 13.2. The second-order valence-corrected chi connectivity index (χ2v) is 10.2. The maximum atomic E-state index is 13.2. The standard InChI is InChI=1S/C28H32N2O5/c1-18(26(32)33)30(19-12-13-19)25(31)16-28(14-6-7-15-28)29-27(34)35-17-24-22-10-4-2-8-20(22)21-9-3-5-11-23(21)24/h2-5,8-11,18-19,24H,6-7,12-17H2,1H3,(H,29,34)(H,32,33). The summed E-state index contributed by atoms with van der Waals surface area (Å²) >= 11 is 0. The van der Waals surface area contributed by atoms with Gasteiger partial charge in [-0.15, -0.1) is 0 Å². The molecule has 1 unspecified atom stereocenters. The highest BCUT2D eigenvalue weighted by Gasteiger charge is 2.44. The fraction of sp³-hybridized carbons (Fsp3) is 0.464. The van der Waals surface area contributed by atoms with Gasteiger partial charge in [-0.25, -0.2) is 9.59 Å². The molecule has 0 spiro atoms. The monoisotopic (exact) mass is 476 g/mol. The van der Waals surface area contributed by atoms with Gasteiger partial charge in [-0.05, 0) is 54.9 Å². The second kappa shape index (κ2) is 9.36. The molecule has 2 saturated carbocycles. The Balaban J connectivity index is 1.26. The van der Waals surface area contributed by atoms with Gasteiger partial charge in [-0.2, -0.15) is 0 Å². The SMILES string of the molecule is CC(C(=O)O)N(C(=O)CC1(NC(=O)OCC2c3ccccc3-c3ccccc32)CCCC1)C1CC1. The van der Waals surface area contributed by atoms with Crippen LogP contribution in [0, 0.1) is 0 Å². The first-order valence-corrected chi connectivity index (χ1v) is 12.6. The Morgan fingerprint density at radius 2 is 1.60 bits per heavy atom. The van der Waals surface area contributed by atoms with Gasteiger partial charge in [0, 0.05) is 12.0 Å². The lowest BCUT2D eigenvalue weighted by Crippen LogP contribution is -2.53. The first-order valence-electron chi connectivity index (χ1n) is 12.6. The highest BCUT2D eigenvalue weighted by Crippen LogP contribution is 2.44. The van der Waals surface area contributed by atoms with Crippen LogP contribution in [0.4, 0.5) is 4.79 Å². The number of hydrogen-bond acceptors (Lipinski definition) is 4. The topological polar surface area (TPSA) is 95.9 Å². The minimum absolute atomic E-state index is 0.0125. The van der Waals surface area contributed by atoms with E-state index in [4.69, 9.17) is 4.74 Å². The molecule has 2 fully saturated rings. The molecule has 35 heavy (non-hydrogen) atoms. The molecule has 7 nitrogen and oxygen atoms in total. The Bertz CT molecular complexity index is 1090. The molecule has 7 heteroatoms. The van der Waals surface area contributed by atoms with Gasteiger partial charge < -0.3 is 20.1 Å². The van der Waals surface area contributed by atoms with Crippen LogP contribution in [0.3, 0.4) is 0 Å². The summed E-state index contributed by atoms with van der Waals surface area (Å²) in [5.74, 6) is -1.24. The van der Waals surface area contributed by atoms with Crippen molar-refractivity contribution < 1.29 is 24.2 Å². The third kappa shape index (κ3) is 4.64. The molecule has 0 heterocycles. The van der Waals surface area contributed by atoms with Crippen LogP contribution in [-0.4, -0.2) is 52.2 Å². The van der Waals surface area contributed by atoms with Crippen LogP contribution in [0.15, 0.2) is 48.5 Å². The molecular weight excluding hydrogens is 444 g/mol. The van der Waals surface area contributed by atoms with Crippen molar-refractivity contribution in [3.05, 3.63) is 59.7 Å². The number of hydrogen-bond donors (Lipinski definition) is 2. The van der Waals surface area contributed by atoms with Crippen LogP contribution in [0.5, 0.6) is 0 Å². The van der Waals surface area contributed by atoms with Crippen molar-refractivity contribution in [3.8, 4) is 11.1 Å². The van der Waals surface area contributed by atoms with E-state index in [2.05, 4.69) is 29.6 Å². The van der Waals surface area contributed by atoms with Gasteiger partial charge in [0.15, 0.2) is 0 Å². The van der Waals surface area contributed by atoms with Crippen LogP contribution in [0.2, 0.25) is 0 Å². The zero-order valence-corrected chi connectivity index (χ0v) is 20.0. The number of amides is 2. The number of benzene rings is 2. The molecule has 0 bridgehead atoms. The predicted molar refractivity (Wildman–Crippen MR) is 131 cm³/mol. The van der Waals surface area contributed by atoms with E-state index in [1.807, 2.05) is 24.3 Å². The van der Waals surface area contributed by atoms with E-state index in [-0.39, 0.29) is 30.9 Å². The molecule has 2 N–H and O–H groups in total. The Morgan fingerprint density at radius 3 is 2.14 bits per heavy atom. The zero-order chi connectivity index (χ0) is 24.6. The summed E-state index contributed by atoms with van der Waals surface area (Å²) in [7, 11) is 0. The molecule has 0 aromatic heterocycles. The summed E-state index contributed by atoms with van der Waals surface area (Å²) in [5.41, 5.74) is 3.95. The smallest absolute Gasteiger partial charge is 0.407 e. The zero-order valence-electron chi connectivity index (χ0n) is 20.0. The largest absolute Gasteiger partial charge is 0.480 e. The Kier molecular flexibility index (Phi) is 6.26. The fourth-order valence-electron chi connectivity index (χ4n) is 5.84. The number of carboxylic acid groups (broad SMARTS) is 1. The molecule has 3 aliphatic rings. The average molecular weight is 477 g/mol.